The van der Waals surface area contributed by atoms with Crippen molar-refractivity contribution >= 4 is 34.8 Å². The minimum atomic E-state index is -1.20. The highest BCUT2D eigenvalue weighted by molar-refractivity contribution is 6.42. The molecule has 0 aliphatic rings. The Balaban J connectivity index is 2.07. The van der Waals surface area contributed by atoms with E-state index in [1.807, 2.05) is 5.32 Å². The molecule has 2 aromatic carbocycles. The number of hydrogen-bond donors (Lipinski definition) is 3. The van der Waals surface area contributed by atoms with Gasteiger partial charge in [0, 0.05) is 17.3 Å². The van der Waals surface area contributed by atoms with Gasteiger partial charge in [0.1, 0.15) is 5.75 Å². The number of nitrogens with zero attached hydrogens (tertiary/aromatic N) is 1. The van der Waals surface area contributed by atoms with Crippen LogP contribution in [0.1, 0.15) is 10.4 Å². The summed E-state index contributed by atoms with van der Waals surface area (Å²) in [7, 11) is 1.25. The van der Waals surface area contributed by atoms with E-state index in [0.717, 1.165) is 12.1 Å². The summed E-state index contributed by atoms with van der Waals surface area (Å²) in [4.78, 5) is 45.8. The molecule has 0 saturated carbocycles. The second-order valence-corrected chi connectivity index (χ2v) is 5.00. The van der Waals surface area contributed by atoms with Gasteiger partial charge in [-0.15, -0.1) is 0 Å². The van der Waals surface area contributed by atoms with Crippen molar-refractivity contribution in [2.24, 2.45) is 0 Å². The van der Waals surface area contributed by atoms with E-state index < -0.39 is 22.6 Å². The number of nitrogens with two attached hydrogens (primary N) is 1. The number of rotatable bonds is 4. The van der Waals surface area contributed by atoms with Crippen LogP contribution in [0.3, 0.4) is 0 Å². The molecular weight excluding hydrogens is 344 g/mol. The highest BCUT2D eigenvalue weighted by Gasteiger charge is 2.20. The van der Waals surface area contributed by atoms with Gasteiger partial charge >= 0.3 is 11.8 Å². The third-order valence-corrected chi connectivity index (χ3v) is 3.25. The van der Waals surface area contributed by atoms with Crippen molar-refractivity contribution in [1.82, 2.24) is 5.32 Å². The van der Waals surface area contributed by atoms with Crippen molar-refractivity contribution in [3.8, 4) is 5.75 Å². The van der Waals surface area contributed by atoms with E-state index >= 15 is 0 Å². The summed E-state index contributed by atoms with van der Waals surface area (Å²) < 4.78 is 4.95. The first kappa shape index (κ1) is 18.4. The van der Waals surface area contributed by atoms with Crippen molar-refractivity contribution in [3.05, 3.63) is 58.1 Å². The number of carbonyl (C=O) groups excluding carboxylic acids is 3. The standard InChI is InChI=1S/C16H14N4O6/c1-26-13-8-11(20(24)25)6-7-12(13)18-15(22)16(23)19-14(21)9-2-4-10(17)5-3-9/h2-8H,17H2,1H3,(H,18,22)(H,19,21,23). The van der Waals surface area contributed by atoms with E-state index in [4.69, 9.17) is 10.5 Å². The van der Waals surface area contributed by atoms with Crippen LogP contribution in [0.4, 0.5) is 17.1 Å². The Morgan fingerprint density at radius 1 is 1.08 bits per heavy atom. The van der Waals surface area contributed by atoms with Gasteiger partial charge in [-0.25, -0.2) is 0 Å². The Bertz CT molecular complexity index is 879. The summed E-state index contributed by atoms with van der Waals surface area (Å²) in [5.74, 6) is -3.13. The molecule has 0 bridgehead atoms. The average Bonchev–Trinajstić information content (AvgIpc) is 2.62. The number of nitrogen functional groups attached to an aromatic ring is 1. The molecule has 0 spiro atoms. The number of methoxy groups -OCH3 is 1. The number of non-ortho nitro benzene ring substituents is 1. The fraction of sp³-hybridized carbons (Fsp3) is 0.0625. The summed E-state index contributed by atoms with van der Waals surface area (Å²) in [6.45, 7) is 0. The number of anilines is 2. The molecule has 3 amide bonds. The average molecular weight is 358 g/mol. The first-order valence-corrected chi connectivity index (χ1v) is 7.16. The topological polar surface area (TPSA) is 154 Å². The van der Waals surface area contributed by atoms with E-state index in [-0.39, 0.29) is 22.7 Å². The number of nitrogens with one attached hydrogen (secondary N) is 2. The van der Waals surface area contributed by atoms with Crippen LogP contribution < -0.4 is 21.1 Å². The molecule has 2 rings (SSSR count). The lowest BCUT2D eigenvalue weighted by molar-refractivity contribution is -0.384. The molecule has 0 heterocycles. The van der Waals surface area contributed by atoms with Crippen molar-refractivity contribution in [2.75, 3.05) is 18.2 Å². The monoisotopic (exact) mass is 358 g/mol. The van der Waals surface area contributed by atoms with Crippen molar-refractivity contribution in [3.63, 3.8) is 0 Å². The fourth-order valence-electron chi connectivity index (χ4n) is 1.94. The van der Waals surface area contributed by atoms with Gasteiger partial charge in [-0.2, -0.15) is 0 Å². The highest BCUT2D eigenvalue weighted by Crippen LogP contribution is 2.28. The molecule has 0 aliphatic heterocycles. The molecule has 4 N–H and O–H groups in total. The smallest absolute Gasteiger partial charge is 0.316 e. The van der Waals surface area contributed by atoms with E-state index in [1.54, 1.807) is 0 Å². The SMILES string of the molecule is COc1cc([N+](=O)[O-])ccc1NC(=O)C(=O)NC(=O)c1ccc(N)cc1. The predicted octanol–water partition coefficient (Wildman–Crippen LogP) is 1.08. The Hall–Kier alpha value is -3.95. The highest BCUT2D eigenvalue weighted by atomic mass is 16.6. The normalized spacial score (nSPS) is 9.88. The molecular formula is C16H14N4O6. The Morgan fingerprint density at radius 2 is 1.73 bits per heavy atom. The van der Waals surface area contributed by atoms with Crippen LogP contribution in [0.15, 0.2) is 42.5 Å². The second-order valence-electron chi connectivity index (χ2n) is 5.00. The van der Waals surface area contributed by atoms with Gasteiger partial charge in [0.15, 0.2) is 0 Å². The van der Waals surface area contributed by atoms with Crippen LogP contribution in [0.2, 0.25) is 0 Å². The number of benzene rings is 2. The first-order chi connectivity index (χ1) is 12.3. The quantitative estimate of drug-likeness (QED) is 0.320. The molecule has 134 valence electrons. The fourth-order valence-corrected chi connectivity index (χ4v) is 1.94. The molecule has 2 aromatic rings. The minimum absolute atomic E-state index is 0.00906. The second kappa shape index (κ2) is 7.75. The van der Waals surface area contributed by atoms with Crippen LogP contribution in [0.5, 0.6) is 5.75 Å². The van der Waals surface area contributed by atoms with Gasteiger partial charge in [-0.3, -0.25) is 29.8 Å². The van der Waals surface area contributed by atoms with Crippen molar-refractivity contribution < 1.29 is 24.0 Å². The van der Waals surface area contributed by atoms with Crippen LogP contribution in [0.25, 0.3) is 0 Å². The molecule has 0 aliphatic carbocycles. The Morgan fingerprint density at radius 3 is 2.31 bits per heavy atom. The lowest BCUT2D eigenvalue weighted by atomic mass is 10.2. The molecule has 0 saturated heterocycles. The number of nitro groups is 1. The third kappa shape index (κ3) is 4.32. The summed E-state index contributed by atoms with van der Waals surface area (Å²) in [6, 6.07) is 9.18. The molecule has 10 nitrogen and oxygen atoms in total. The summed E-state index contributed by atoms with van der Waals surface area (Å²) >= 11 is 0. The third-order valence-electron chi connectivity index (χ3n) is 3.25. The Kier molecular flexibility index (Phi) is 5.48. The van der Waals surface area contributed by atoms with Crippen LogP contribution in [-0.2, 0) is 9.59 Å². The van der Waals surface area contributed by atoms with E-state index in [1.165, 1.54) is 37.4 Å². The number of ether oxygens (including phenoxy) is 1. The van der Waals surface area contributed by atoms with E-state index in [2.05, 4.69) is 5.32 Å². The van der Waals surface area contributed by atoms with Gasteiger partial charge in [0.25, 0.3) is 11.6 Å². The molecule has 0 atom stereocenters. The summed E-state index contributed by atoms with van der Waals surface area (Å²) in [5.41, 5.74) is 5.88. The van der Waals surface area contributed by atoms with E-state index in [0.29, 0.717) is 5.69 Å². The molecule has 26 heavy (non-hydrogen) atoms. The molecule has 10 heteroatoms. The maximum atomic E-state index is 11.9. The number of amides is 3. The molecule has 0 aromatic heterocycles. The predicted molar refractivity (Wildman–Crippen MR) is 91.6 cm³/mol. The van der Waals surface area contributed by atoms with Gasteiger partial charge in [-0.05, 0) is 30.3 Å². The van der Waals surface area contributed by atoms with Gasteiger partial charge < -0.3 is 15.8 Å². The minimum Gasteiger partial charge on any atom is -0.494 e. The van der Waals surface area contributed by atoms with E-state index in [9.17, 15) is 24.5 Å². The van der Waals surface area contributed by atoms with Crippen molar-refractivity contribution in [2.45, 2.75) is 0 Å². The number of carbonyl (C=O) groups is 3. The lowest BCUT2D eigenvalue weighted by Crippen LogP contribution is -2.39. The maximum Gasteiger partial charge on any atom is 0.316 e. The zero-order valence-electron chi connectivity index (χ0n) is 13.5. The summed E-state index contributed by atoms with van der Waals surface area (Å²) in [6.07, 6.45) is 0. The first-order valence-electron chi connectivity index (χ1n) is 7.16. The van der Waals surface area contributed by atoms with Gasteiger partial charge in [0.2, 0.25) is 0 Å². The Labute approximate surface area is 147 Å². The zero-order valence-corrected chi connectivity index (χ0v) is 13.5. The largest absolute Gasteiger partial charge is 0.494 e. The lowest BCUT2D eigenvalue weighted by Gasteiger charge is -2.10. The van der Waals surface area contributed by atoms with Gasteiger partial charge in [-0.1, -0.05) is 0 Å². The molecule has 0 radical (unpaired) electrons. The van der Waals surface area contributed by atoms with Gasteiger partial charge in [0.05, 0.1) is 23.8 Å². The summed E-state index contributed by atoms with van der Waals surface area (Å²) in [5, 5.41) is 14.9. The van der Waals surface area contributed by atoms with Crippen molar-refractivity contribution in [1.29, 1.82) is 0 Å². The molecule has 0 fully saturated rings. The van der Waals surface area contributed by atoms with Crippen LogP contribution in [-0.4, -0.2) is 29.8 Å². The number of hydrogen-bond acceptors (Lipinski definition) is 7. The zero-order chi connectivity index (χ0) is 19.3. The number of imide groups is 1. The van der Waals surface area contributed by atoms with Crippen LogP contribution in [0, 0.1) is 10.1 Å². The van der Waals surface area contributed by atoms with Crippen LogP contribution >= 0.6 is 0 Å². The number of nitro benzene ring substituents is 1. The maximum absolute atomic E-state index is 11.9. The molecule has 0 unspecified atom stereocenters.